The van der Waals surface area contributed by atoms with E-state index in [1.807, 2.05) is 29.7 Å². The minimum Gasteiger partial charge on any atom is -0.467 e. The summed E-state index contributed by atoms with van der Waals surface area (Å²) >= 11 is 1.46. The number of fused-ring (bicyclic) bond motifs is 1. The van der Waals surface area contributed by atoms with Gasteiger partial charge in [-0.05, 0) is 24.3 Å². The van der Waals surface area contributed by atoms with Crippen molar-refractivity contribution in [2.45, 2.75) is 17.9 Å². The van der Waals surface area contributed by atoms with Gasteiger partial charge in [-0.25, -0.2) is 0 Å². The summed E-state index contributed by atoms with van der Waals surface area (Å²) in [6.07, 6.45) is 1.42. The van der Waals surface area contributed by atoms with E-state index >= 15 is 0 Å². The Kier molecular flexibility index (Phi) is 6.33. The number of hydrogen-bond donors (Lipinski definition) is 3. The number of nitrogens with one attached hydrogen (secondary N) is 3. The molecule has 1 aliphatic heterocycles. The number of anilines is 1. The van der Waals surface area contributed by atoms with Crippen LogP contribution in [-0.2, 0) is 25.7 Å². The molecule has 4 amide bonds. The summed E-state index contributed by atoms with van der Waals surface area (Å²) in [5.74, 6) is -1.71. The lowest BCUT2D eigenvalue weighted by molar-refractivity contribution is -0.141. The number of furan rings is 1. The van der Waals surface area contributed by atoms with Crippen molar-refractivity contribution in [1.82, 2.24) is 16.2 Å². The predicted octanol–water partition coefficient (Wildman–Crippen LogP) is 0.572. The van der Waals surface area contributed by atoms with E-state index in [0.29, 0.717) is 11.5 Å². The van der Waals surface area contributed by atoms with Crippen LogP contribution in [0, 0.1) is 0 Å². The molecule has 0 aliphatic carbocycles. The summed E-state index contributed by atoms with van der Waals surface area (Å²) in [5, 5.41) is 2.36. The fraction of sp³-hybridized carbons (Fsp3) is 0.222. The monoisotopic (exact) mass is 402 g/mol. The highest BCUT2D eigenvalue weighted by molar-refractivity contribution is 8.00. The molecule has 2 heterocycles. The zero-order chi connectivity index (χ0) is 19.9. The molecule has 0 unspecified atom stereocenters. The van der Waals surface area contributed by atoms with Crippen LogP contribution in [0.25, 0.3) is 0 Å². The Labute approximate surface area is 164 Å². The Morgan fingerprint density at radius 3 is 2.68 bits per heavy atom. The van der Waals surface area contributed by atoms with E-state index in [-0.39, 0.29) is 25.4 Å². The molecule has 0 fully saturated rings. The van der Waals surface area contributed by atoms with E-state index in [0.717, 1.165) is 10.6 Å². The molecule has 10 heteroatoms. The third-order valence-electron chi connectivity index (χ3n) is 3.90. The Hall–Kier alpha value is -3.27. The van der Waals surface area contributed by atoms with Crippen LogP contribution in [0.1, 0.15) is 12.2 Å². The molecule has 0 saturated heterocycles. The number of nitrogens with zero attached hydrogens (tertiary/aromatic N) is 1. The second kappa shape index (κ2) is 9.09. The highest BCUT2D eigenvalue weighted by atomic mass is 32.2. The van der Waals surface area contributed by atoms with E-state index in [9.17, 15) is 19.2 Å². The lowest BCUT2D eigenvalue weighted by Gasteiger charge is -2.28. The van der Waals surface area contributed by atoms with Gasteiger partial charge in [0.15, 0.2) is 0 Å². The third kappa shape index (κ3) is 4.92. The number of carbonyl (C=O) groups is 4. The summed E-state index contributed by atoms with van der Waals surface area (Å²) in [7, 11) is 0. The summed E-state index contributed by atoms with van der Waals surface area (Å²) in [6, 6.07) is 10.8. The van der Waals surface area contributed by atoms with Crippen molar-refractivity contribution in [1.29, 1.82) is 0 Å². The SMILES string of the molecule is O=C(CCN1C(=O)CSc2ccccc21)NNC(=O)C(=O)NCc1ccco1. The number of hydrogen-bond acceptors (Lipinski definition) is 6. The van der Waals surface area contributed by atoms with Crippen molar-refractivity contribution in [2.24, 2.45) is 0 Å². The second-order valence-corrected chi connectivity index (χ2v) is 6.83. The van der Waals surface area contributed by atoms with Crippen molar-refractivity contribution >= 4 is 41.1 Å². The van der Waals surface area contributed by atoms with Crippen LogP contribution in [-0.4, -0.2) is 35.9 Å². The number of para-hydroxylation sites is 1. The molecule has 0 saturated carbocycles. The van der Waals surface area contributed by atoms with Crippen molar-refractivity contribution in [3.8, 4) is 0 Å². The van der Waals surface area contributed by atoms with Gasteiger partial charge < -0.3 is 14.6 Å². The van der Waals surface area contributed by atoms with Gasteiger partial charge in [0, 0.05) is 17.9 Å². The lowest BCUT2D eigenvalue weighted by atomic mass is 10.2. The minimum absolute atomic E-state index is 0.0287. The van der Waals surface area contributed by atoms with Gasteiger partial charge in [0.25, 0.3) is 0 Å². The van der Waals surface area contributed by atoms with Crippen molar-refractivity contribution < 1.29 is 23.6 Å². The molecule has 0 atom stereocenters. The maximum absolute atomic E-state index is 12.1. The van der Waals surface area contributed by atoms with Crippen LogP contribution in [0.2, 0.25) is 0 Å². The molecule has 146 valence electrons. The molecule has 1 aromatic carbocycles. The molecule has 0 bridgehead atoms. The van der Waals surface area contributed by atoms with Gasteiger partial charge in [0.1, 0.15) is 5.76 Å². The van der Waals surface area contributed by atoms with E-state index in [2.05, 4.69) is 10.7 Å². The van der Waals surface area contributed by atoms with Crippen LogP contribution in [0.5, 0.6) is 0 Å². The number of rotatable bonds is 5. The molecule has 0 radical (unpaired) electrons. The van der Waals surface area contributed by atoms with Gasteiger partial charge in [-0.2, -0.15) is 0 Å². The summed E-state index contributed by atoms with van der Waals surface area (Å²) < 4.78 is 5.04. The van der Waals surface area contributed by atoms with Crippen LogP contribution in [0.15, 0.2) is 52.0 Å². The largest absolute Gasteiger partial charge is 0.467 e. The molecule has 28 heavy (non-hydrogen) atoms. The summed E-state index contributed by atoms with van der Waals surface area (Å²) in [5.41, 5.74) is 4.97. The molecule has 3 rings (SSSR count). The van der Waals surface area contributed by atoms with Crippen molar-refractivity contribution in [2.75, 3.05) is 17.2 Å². The van der Waals surface area contributed by atoms with Crippen molar-refractivity contribution in [3.63, 3.8) is 0 Å². The maximum Gasteiger partial charge on any atom is 0.327 e. The average molecular weight is 402 g/mol. The maximum atomic E-state index is 12.1. The Morgan fingerprint density at radius 1 is 1.07 bits per heavy atom. The average Bonchev–Trinajstić information content (AvgIpc) is 3.23. The Balaban J connectivity index is 1.42. The zero-order valence-corrected chi connectivity index (χ0v) is 15.6. The van der Waals surface area contributed by atoms with Gasteiger partial charge in [0.05, 0.1) is 24.2 Å². The number of amides is 4. The quantitative estimate of drug-likeness (QED) is 0.497. The minimum atomic E-state index is -1.00. The number of hydrazine groups is 1. The first-order chi connectivity index (χ1) is 13.5. The zero-order valence-electron chi connectivity index (χ0n) is 14.8. The van der Waals surface area contributed by atoms with Crippen LogP contribution >= 0.6 is 11.8 Å². The standard InChI is InChI=1S/C18H18N4O5S/c23-15(20-21-18(26)17(25)19-10-12-4-3-9-27-12)7-8-22-13-5-1-2-6-14(13)28-11-16(22)24/h1-6,9H,7-8,10-11H2,(H,19,25)(H,20,23)(H,21,26). The third-order valence-corrected chi connectivity index (χ3v) is 4.94. The summed E-state index contributed by atoms with van der Waals surface area (Å²) in [6.45, 7) is 0.227. The lowest BCUT2D eigenvalue weighted by Crippen LogP contribution is -2.49. The fourth-order valence-electron chi connectivity index (χ4n) is 2.52. The molecule has 9 nitrogen and oxygen atoms in total. The van der Waals surface area contributed by atoms with E-state index in [4.69, 9.17) is 4.42 Å². The second-order valence-electron chi connectivity index (χ2n) is 5.82. The smallest absolute Gasteiger partial charge is 0.327 e. The van der Waals surface area contributed by atoms with E-state index in [1.54, 1.807) is 17.0 Å². The first kappa shape index (κ1) is 19.5. The van der Waals surface area contributed by atoms with Crippen LogP contribution in [0.3, 0.4) is 0 Å². The Morgan fingerprint density at radius 2 is 1.89 bits per heavy atom. The first-order valence-electron chi connectivity index (χ1n) is 8.46. The van der Waals surface area contributed by atoms with Gasteiger partial charge >= 0.3 is 11.8 Å². The number of thioether (sulfide) groups is 1. The molecule has 1 aliphatic rings. The number of benzene rings is 1. The van der Waals surface area contributed by atoms with E-state index in [1.165, 1.54) is 18.0 Å². The predicted molar refractivity (Wildman–Crippen MR) is 101 cm³/mol. The van der Waals surface area contributed by atoms with Crippen molar-refractivity contribution in [3.05, 3.63) is 48.4 Å². The molecule has 3 N–H and O–H groups in total. The molecule has 0 spiro atoms. The highest BCUT2D eigenvalue weighted by Crippen LogP contribution is 2.34. The van der Waals surface area contributed by atoms with E-state index < -0.39 is 17.7 Å². The van der Waals surface area contributed by atoms with Gasteiger partial charge in [-0.15, -0.1) is 11.8 Å². The van der Waals surface area contributed by atoms with Gasteiger partial charge in [-0.1, -0.05) is 12.1 Å². The van der Waals surface area contributed by atoms with Gasteiger partial charge in [0.2, 0.25) is 11.8 Å². The molecular weight excluding hydrogens is 384 g/mol. The topological polar surface area (TPSA) is 121 Å². The molecule has 2 aromatic rings. The Bertz CT molecular complexity index is 884. The normalized spacial score (nSPS) is 12.9. The molecular formula is C18H18N4O5S. The van der Waals surface area contributed by atoms with Gasteiger partial charge in [-0.3, -0.25) is 30.0 Å². The van der Waals surface area contributed by atoms with Crippen LogP contribution in [0.4, 0.5) is 5.69 Å². The fourth-order valence-corrected chi connectivity index (χ4v) is 3.45. The summed E-state index contributed by atoms with van der Waals surface area (Å²) in [4.78, 5) is 50.0. The highest BCUT2D eigenvalue weighted by Gasteiger charge is 2.24. The number of carbonyl (C=O) groups excluding carboxylic acids is 4. The molecule has 1 aromatic heterocycles. The first-order valence-corrected chi connectivity index (χ1v) is 9.45. The van der Waals surface area contributed by atoms with Crippen LogP contribution < -0.4 is 21.1 Å².